The zero-order chi connectivity index (χ0) is 17.9. The number of carbonyl (C=O) groups is 1. The zero-order valence-electron chi connectivity index (χ0n) is 14.5. The summed E-state index contributed by atoms with van der Waals surface area (Å²) < 4.78 is 24.4. The minimum Gasteiger partial charge on any atom is -0.486 e. The molecule has 1 saturated heterocycles. The number of hydrogen-bond donors (Lipinski definition) is 0. The first-order valence-corrected chi connectivity index (χ1v) is 8.85. The molecule has 0 spiro atoms. The van der Waals surface area contributed by atoms with Gasteiger partial charge in [-0.15, -0.1) is 0 Å². The van der Waals surface area contributed by atoms with E-state index in [2.05, 4.69) is 9.80 Å². The number of rotatable bonds is 4. The van der Waals surface area contributed by atoms with Crippen molar-refractivity contribution in [2.75, 3.05) is 50.8 Å². The van der Waals surface area contributed by atoms with Gasteiger partial charge in [0.25, 0.3) is 0 Å². The molecule has 2 aromatic rings. The Kier molecular flexibility index (Phi) is 4.75. The van der Waals surface area contributed by atoms with Gasteiger partial charge in [-0.25, -0.2) is 4.39 Å². The molecule has 2 aromatic carbocycles. The van der Waals surface area contributed by atoms with E-state index < -0.39 is 0 Å². The molecule has 2 aliphatic heterocycles. The van der Waals surface area contributed by atoms with Crippen LogP contribution >= 0.6 is 0 Å². The van der Waals surface area contributed by atoms with E-state index in [9.17, 15) is 9.18 Å². The molecule has 0 unspecified atom stereocenters. The predicted octanol–water partition coefficient (Wildman–Crippen LogP) is 2.60. The van der Waals surface area contributed by atoms with Gasteiger partial charge >= 0.3 is 0 Å². The highest BCUT2D eigenvalue weighted by molar-refractivity contribution is 5.98. The summed E-state index contributed by atoms with van der Waals surface area (Å²) in [4.78, 5) is 16.9. The fourth-order valence-corrected chi connectivity index (χ4v) is 3.35. The summed E-state index contributed by atoms with van der Waals surface area (Å²) >= 11 is 0. The summed E-state index contributed by atoms with van der Waals surface area (Å²) in [7, 11) is 0. The van der Waals surface area contributed by atoms with Gasteiger partial charge in [-0.3, -0.25) is 9.69 Å². The third-order valence-electron chi connectivity index (χ3n) is 4.78. The minimum atomic E-state index is -0.223. The second kappa shape index (κ2) is 7.33. The molecular weight excluding hydrogens is 335 g/mol. The molecular formula is C20H21FN2O3. The van der Waals surface area contributed by atoms with Gasteiger partial charge in [0.1, 0.15) is 19.0 Å². The Morgan fingerprint density at radius 3 is 2.50 bits per heavy atom. The van der Waals surface area contributed by atoms with E-state index in [1.54, 1.807) is 30.3 Å². The molecule has 0 radical (unpaired) electrons. The average Bonchev–Trinajstić information content (AvgIpc) is 2.68. The van der Waals surface area contributed by atoms with Crippen molar-refractivity contribution in [2.45, 2.75) is 0 Å². The highest BCUT2D eigenvalue weighted by Crippen LogP contribution is 2.31. The zero-order valence-corrected chi connectivity index (χ0v) is 14.5. The normalized spacial score (nSPS) is 17.2. The van der Waals surface area contributed by atoms with E-state index in [-0.39, 0.29) is 11.6 Å². The quantitative estimate of drug-likeness (QED) is 0.788. The summed E-state index contributed by atoms with van der Waals surface area (Å²) in [6.45, 7) is 4.51. The van der Waals surface area contributed by atoms with Crippen LogP contribution in [0.15, 0.2) is 42.5 Å². The van der Waals surface area contributed by atoms with Gasteiger partial charge in [0.05, 0.1) is 6.54 Å². The van der Waals surface area contributed by atoms with Crippen molar-refractivity contribution in [3.8, 4) is 11.5 Å². The first-order chi connectivity index (χ1) is 12.7. The highest BCUT2D eigenvalue weighted by atomic mass is 19.1. The van der Waals surface area contributed by atoms with Crippen molar-refractivity contribution >= 4 is 11.5 Å². The van der Waals surface area contributed by atoms with Gasteiger partial charge in [-0.05, 0) is 36.4 Å². The lowest BCUT2D eigenvalue weighted by Crippen LogP contribution is -2.48. The van der Waals surface area contributed by atoms with E-state index in [1.165, 1.54) is 6.07 Å². The van der Waals surface area contributed by atoms with Crippen LogP contribution in [0.5, 0.6) is 11.5 Å². The molecule has 5 nitrogen and oxygen atoms in total. The van der Waals surface area contributed by atoms with Crippen LogP contribution < -0.4 is 14.4 Å². The van der Waals surface area contributed by atoms with Crippen LogP contribution in [0.3, 0.4) is 0 Å². The molecule has 0 aromatic heterocycles. The third kappa shape index (κ3) is 3.65. The van der Waals surface area contributed by atoms with Gasteiger partial charge in [0.2, 0.25) is 0 Å². The summed E-state index contributed by atoms with van der Waals surface area (Å²) in [5.74, 6) is 1.18. The van der Waals surface area contributed by atoms with Crippen molar-refractivity contribution in [2.24, 2.45) is 0 Å². The van der Waals surface area contributed by atoms with E-state index >= 15 is 0 Å². The van der Waals surface area contributed by atoms with Crippen molar-refractivity contribution in [3.63, 3.8) is 0 Å². The van der Waals surface area contributed by atoms with Crippen molar-refractivity contribution in [3.05, 3.63) is 53.8 Å². The monoisotopic (exact) mass is 356 g/mol. The summed E-state index contributed by atoms with van der Waals surface area (Å²) in [6, 6.07) is 12.0. The molecule has 0 atom stereocenters. The Balaban J connectivity index is 1.35. The lowest BCUT2D eigenvalue weighted by atomic mass is 10.1. The van der Waals surface area contributed by atoms with E-state index in [1.807, 2.05) is 6.07 Å². The van der Waals surface area contributed by atoms with Crippen LogP contribution in [0.4, 0.5) is 10.1 Å². The Bertz CT molecular complexity index is 803. The van der Waals surface area contributed by atoms with E-state index in [4.69, 9.17) is 9.47 Å². The molecule has 0 saturated carbocycles. The van der Waals surface area contributed by atoms with Crippen LogP contribution in [0, 0.1) is 5.82 Å². The van der Waals surface area contributed by atoms with Crippen molar-refractivity contribution in [1.82, 2.24) is 4.90 Å². The number of halogens is 1. The topological polar surface area (TPSA) is 42.0 Å². The van der Waals surface area contributed by atoms with Gasteiger partial charge in [0, 0.05) is 37.4 Å². The second-order valence-electron chi connectivity index (χ2n) is 6.52. The van der Waals surface area contributed by atoms with E-state index in [0.29, 0.717) is 36.8 Å². The molecule has 0 N–H and O–H groups in total. The Labute approximate surface area is 151 Å². The lowest BCUT2D eigenvalue weighted by Gasteiger charge is -2.35. The van der Waals surface area contributed by atoms with Crippen LogP contribution in [0.1, 0.15) is 10.4 Å². The molecule has 1 fully saturated rings. The first-order valence-electron chi connectivity index (χ1n) is 8.85. The summed E-state index contributed by atoms with van der Waals surface area (Å²) in [6.07, 6.45) is 0. The predicted molar refractivity (Wildman–Crippen MR) is 96.8 cm³/mol. The number of benzene rings is 2. The molecule has 2 heterocycles. The molecule has 136 valence electrons. The van der Waals surface area contributed by atoms with Gasteiger partial charge in [-0.1, -0.05) is 6.07 Å². The summed E-state index contributed by atoms with van der Waals surface area (Å²) in [5.41, 5.74) is 1.53. The number of Topliss-reactive ketones (excluding diaryl/α,β-unsaturated/α-hetero) is 1. The van der Waals surface area contributed by atoms with Crippen molar-refractivity contribution < 1.29 is 18.7 Å². The number of hydrogen-bond acceptors (Lipinski definition) is 5. The number of ether oxygens (including phenoxy) is 2. The maximum atomic E-state index is 13.4. The summed E-state index contributed by atoms with van der Waals surface area (Å²) in [5, 5.41) is 0. The number of nitrogens with zero attached hydrogens (tertiary/aromatic N) is 2. The fourth-order valence-electron chi connectivity index (χ4n) is 3.35. The smallest absolute Gasteiger partial charge is 0.176 e. The standard InChI is InChI=1S/C20H21FN2O3/c21-16-2-1-3-17(13-16)23-8-6-22(7-9-23)14-18(24)15-4-5-19-20(12-15)26-11-10-25-19/h1-5,12-13H,6-11,14H2. The maximum Gasteiger partial charge on any atom is 0.176 e. The van der Waals surface area contributed by atoms with E-state index in [0.717, 1.165) is 31.9 Å². The maximum absolute atomic E-state index is 13.4. The first kappa shape index (κ1) is 16.8. The average molecular weight is 356 g/mol. The fraction of sp³-hybridized carbons (Fsp3) is 0.350. The Morgan fingerprint density at radius 2 is 1.73 bits per heavy atom. The number of fused-ring (bicyclic) bond motifs is 1. The Hall–Kier alpha value is -2.60. The third-order valence-corrected chi connectivity index (χ3v) is 4.78. The van der Waals surface area contributed by atoms with Crippen LogP contribution in [-0.2, 0) is 0 Å². The molecule has 4 rings (SSSR count). The van der Waals surface area contributed by atoms with Gasteiger partial charge < -0.3 is 14.4 Å². The number of anilines is 1. The molecule has 26 heavy (non-hydrogen) atoms. The SMILES string of the molecule is O=C(CN1CCN(c2cccc(F)c2)CC1)c1ccc2c(c1)OCCO2. The molecule has 0 amide bonds. The van der Waals surface area contributed by atoms with Gasteiger partial charge in [-0.2, -0.15) is 0 Å². The highest BCUT2D eigenvalue weighted by Gasteiger charge is 2.21. The largest absolute Gasteiger partial charge is 0.486 e. The van der Waals surface area contributed by atoms with Crippen LogP contribution in [0.25, 0.3) is 0 Å². The Morgan fingerprint density at radius 1 is 0.962 bits per heavy atom. The van der Waals surface area contributed by atoms with Crippen molar-refractivity contribution in [1.29, 1.82) is 0 Å². The van der Waals surface area contributed by atoms with Crippen LogP contribution in [0.2, 0.25) is 0 Å². The number of carbonyl (C=O) groups excluding carboxylic acids is 1. The molecule has 0 bridgehead atoms. The minimum absolute atomic E-state index is 0.0705. The molecule has 2 aliphatic rings. The van der Waals surface area contributed by atoms with Gasteiger partial charge in [0.15, 0.2) is 17.3 Å². The molecule has 6 heteroatoms. The van der Waals surface area contributed by atoms with Crippen LogP contribution in [-0.4, -0.2) is 56.6 Å². The second-order valence-corrected chi connectivity index (χ2v) is 6.52. The lowest BCUT2D eigenvalue weighted by molar-refractivity contribution is 0.0925. The number of piperazine rings is 1. The number of ketones is 1. The molecule has 0 aliphatic carbocycles.